The van der Waals surface area contributed by atoms with E-state index < -0.39 is 0 Å². The molecule has 0 radical (unpaired) electrons. The molecule has 2 aliphatic heterocycles. The number of carbonyl (C=O) groups excluding carboxylic acids is 1. The zero-order chi connectivity index (χ0) is 15.5. The van der Waals surface area contributed by atoms with Crippen LogP contribution >= 0.6 is 0 Å². The standard InChI is InChI=1S/C17H30N2O3/c1-13(20)11-14-5-4-8-18(14)12-17(21)19-9-10-22-16-7-3-2-6-15(16)19/h13-16,20H,2-12H2,1H3. The van der Waals surface area contributed by atoms with E-state index in [0.717, 1.165) is 45.2 Å². The average Bonchev–Trinajstić information content (AvgIpc) is 2.93. The van der Waals surface area contributed by atoms with Gasteiger partial charge in [-0.15, -0.1) is 0 Å². The van der Waals surface area contributed by atoms with Gasteiger partial charge < -0.3 is 14.7 Å². The molecule has 0 aromatic rings. The Hall–Kier alpha value is -0.650. The number of hydrogen-bond acceptors (Lipinski definition) is 4. The molecule has 2 saturated heterocycles. The Morgan fingerprint density at radius 1 is 1.23 bits per heavy atom. The van der Waals surface area contributed by atoms with Crippen LogP contribution in [0.15, 0.2) is 0 Å². The molecule has 5 nitrogen and oxygen atoms in total. The zero-order valence-corrected chi connectivity index (χ0v) is 13.7. The van der Waals surface area contributed by atoms with E-state index in [1.54, 1.807) is 0 Å². The smallest absolute Gasteiger partial charge is 0.237 e. The van der Waals surface area contributed by atoms with Crippen LogP contribution < -0.4 is 0 Å². The molecule has 1 N–H and O–H groups in total. The number of nitrogens with zero attached hydrogens (tertiary/aromatic N) is 2. The third-order valence-corrected chi connectivity index (χ3v) is 5.50. The fourth-order valence-corrected chi connectivity index (χ4v) is 4.43. The number of aliphatic hydroxyl groups excluding tert-OH is 1. The molecular formula is C17H30N2O3. The van der Waals surface area contributed by atoms with Gasteiger partial charge in [0, 0.05) is 12.6 Å². The summed E-state index contributed by atoms with van der Waals surface area (Å²) < 4.78 is 5.87. The van der Waals surface area contributed by atoms with Crippen molar-refractivity contribution in [1.29, 1.82) is 0 Å². The molecule has 1 aliphatic carbocycles. The van der Waals surface area contributed by atoms with Gasteiger partial charge in [-0.1, -0.05) is 12.8 Å². The van der Waals surface area contributed by atoms with E-state index in [-0.39, 0.29) is 18.1 Å². The minimum absolute atomic E-state index is 0.262. The van der Waals surface area contributed by atoms with E-state index in [1.165, 1.54) is 12.8 Å². The highest BCUT2D eigenvalue weighted by molar-refractivity contribution is 5.79. The monoisotopic (exact) mass is 310 g/mol. The molecule has 1 amide bonds. The lowest BCUT2D eigenvalue weighted by molar-refractivity contribution is -0.151. The summed E-state index contributed by atoms with van der Waals surface area (Å²) >= 11 is 0. The quantitative estimate of drug-likeness (QED) is 0.852. The molecule has 0 aromatic heterocycles. The number of fused-ring (bicyclic) bond motifs is 1. The summed E-state index contributed by atoms with van der Waals surface area (Å²) in [5, 5.41) is 9.63. The molecule has 0 aromatic carbocycles. The first-order valence-electron chi connectivity index (χ1n) is 8.98. The normalized spacial score (nSPS) is 34.5. The maximum atomic E-state index is 12.8. The Morgan fingerprint density at radius 2 is 2.05 bits per heavy atom. The van der Waals surface area contributed by atoms with E-state index in [4.69, 9.17) is 4.74 Å². The van der Waals surface area contributed by atoms with Crippen molar-refractivity contribution in [1.82, 2.24) is 9.80 Å². The number of likely N-dealkylation sites (tertiary alicyclic amines) is 1. The molecule has 1 saturated carbocycles. The van der Waals surface area contributed by atoms with Crippen molar-refractivity contribution in [3.05, 3.63) is 0 Å². The number of amides is 1. The van der Waals surface area contributed by atoms with E-state index in [2.05, 4.69) is 9.80 Å². The lowest BCUT2D eigenvalue weighted by Gasteiger charge is -2.44. The maximum Gasteiger partial charge on any atom is 0.237 e. The van der Waals surface area contributed by atoms with Crippen LogP contribution in [0, 0.1) is 0 Å². The first-order valence-corrected chi connectivity index (χ1v) is 8.98. The Labute approximate surface area is 133 Å². The van der Waals surface area contributed by atoms with E-state index >= 15 is 0 Å². The van der Waals surface area contributed by atoms with Crippen LogP contribution in [0.1, 0.15) is 51.9 Å². The highest BCUT2D eigenvalue weighted by Crippen LogP contribution is 2.29. The Morgan fingerprint density at radius 3 is 2.86 bits per heavy atom. The number of rotatable bonds is 4. The Balaban J connectivity index is 1.58. The van der Waals surface area contributed by atoms with Crippen molar-refractivity contribution in [2.75, 3.05) is 26.2 Å². The minimum atomic E-state index is -0.285. The second-order valence-corrected chi connectivity index (χ2v) is 7.20. The van der Waals surface area contributed by atoms with Gasteiger partial charge in [0.15, 0.2) is 0 Å². The molecule has 4 unspecified atom stereocenters. The molecular weight excluding hydrogens is 280 g/mol. The second-order valence-electron chi connectivity index (χ2n) is 7.20. The Bertz CT molecular complexity index is 386. The highest BCUT2D eigenvalue weighted by Gasteiger charge is 2.38. The predicted molar refractivity (Wildman–Crippen MR) is 84.6 cm³/mol. The molecule has 126 valence electrons. The topological polar surface area (TPSA) is 53.0 Å². The molecule has 3 aliphatic rings. The average molecular weight is 310 g/mol. The number of hydrogen-bond donors (Lipinski definition) is 1. The summed E-state index contributed by atoms with van der Waals surface area (Å²) in [4.78, 5) is 17.2. The molecule has 5 heteroatoms. The summed E-state index contributed by atoms with van der Waals surface area (Å²) in [7, 11) is 0. The predicted octanol–water partition coefficient (Wildman–Crippen LogP) is 1.39. The zero-order valence-electron chi connectivity index (χ0n) is 13.7. The first-order chi connectivity index (χ1) is 10.6. The van der Waals surface area contributed by atoms with Crippen molar-refractivity contribution < 1.29 is 14.6 Å². The lowest BCUT2D eigenvalue weighted by Crippen LogP contribution is -2.57. The third kappa shape index (κ3) is 3.63. The van der Waals surface area contributed by atoms with Crippen molar-refractivity contribution >= 4 is 5.91 Å². The molecule has 3 fully saturated rings. The van der Waals surface area contributed by atoms with Gasteiger partial charge in [-0.05, 0) is 45.6 Å². The fraction of sp³-hybridized carbons (Fsp3) is 0.941. The van der Waals surface area contributed by atoms with Crippen molar-refractivity contribution in [3.63, 3.8) is 0 Å². The van der Waals surface area contributed by atoms with Crippen molar-refractivity contribution in [2.24, 2.45) is 0 Å². The number of morpholine rings is 1. The van der Waals surface area contributed by atoms with Gasteiger partial charge in [-0.25, -0.2) is 0 Å². The van der Waals surface area contributed by atoms with E-state index in [1.807, 2.05) is 6.92 Å². The SMILES string of the molecule is CC(O)CC1CCCN1CC(=O)N1CCOC2CCCCC21. The van der Waals surface area contributed by atoms with Crippen LogP contribution in [0.25, 0.3) is 0 Å². The summed E-state index contributed by atoms with van der Waals surface area (Å²) in [6, 6.07) is 0.667. The van der Waals surface area contributed by atoms with Crippen molar-refractivity contribution in [2.45, 2.75) is 76.2 Å². The molecule has 0 spiro atoms. The van der Waals surface area contributed by atoms with E-state index in [0.29, 0.717) is 25.2 Å². The second kappa shape index (κ2) is 7.28. The largest absolute Gasteiger partial charge is 0.393 e. The third-order valence-electron chi connectivity index (χ3n) is 5.50. The molecule has 2 heterocycles. The van der Waals surface area contributed by atoms with Crippen LogP contribution in [0.3, 0.4) is 0 Å². The van der Waals surface area contributed by atoms with Crippen LogP contribution in [0.5, 0.6) is 0 Å². The first kappa shape index (κ1) is 16.2. The van der Waals surface area contributed by atoms with Gasteiger partial charge in [-0.3, -0.25) is 9.69 Å². The highest BCUT2D eigenvalue weighted by atomic mass is 16.5. The van der Waals surface area contributed by atoms with Crippen LogP contribution in [-0.2, 0) is 9.53 Å². The molecule has 3 rings (SSSR count). The van der Waals surface area contributed by atoms with Gasteiger partial charge in [0.1, 0.15) is 0 Å². The summed E-state index contributed by atoms with van der Waals surface area (Å²) in [5.41, 5.74) is 0. The van der Waals surface area contributed by atoms with Crippen molar-refractivity contribution in [3.8, 4) is 0 Å². The lowest BCUT2D eigenvalue weighted by atomic mass is 9.90. The fourth-order valence-electron chi connectivity index (χ4n) is 4.43. The summed E-state index contributed by atoms with van der Waals surface area (Å²) in [5.74, 6) is 0.262. The van der Waals surface area contributed by atoms with Crippen LogP contribution in [-0.4, -0.2) is 71.3 Å². The summed E-state index contributed by atoms with van der Waals surface area (Å²) in [6.45, 7) is 4.77. The number of aliphatic hydroxyl groups is 1. The molecule has 0 bridgehead atoms. The number of carbonyl (C=O) groups is 1. The van der Waals surface area contributed by atoms with Gasteiger partial charge >= 0.3 is 0 Å². The van der Waals surface area contributed by atoms with Crippen LogP contribution in [0.2, 0.25) is 0 Å². The minimum Gasteiger partial charge on any atom is -0.393 e. The number of ether oxygens (including phenoxy) is 1. The van der Waals surface area contributed by atoms with Gasteiger partial charge in [0.25, 0.3) is 0 Å². The van der Waals surface area contributed by atoms with Gasteiger partial charge in [-0.2, -0.15) is 0 Å². The molecule has 4 atom stereocenters. The van der Waals surface area contributed by atoms with E-state index in [9.17, 15) is 9.90 Å². The van der Waals surface area contributed by atoms with Gasteiger partial charge in [0.05, 0.1) is 31.4 Å². The van der Waals surface area contributed by atoms with Crippen LogP contribution in [0.4, 0.5) is 0 Å². The Kier molecular flexibility index (Phi) is 5.37. The molecule has 22 heavy (non-hydrogen) atoms. The van der Waals surface area contributed by atoms with Gasteiger partial charge in [0.2, 0.25) is 5.91 Å². The summed E-state index contributed by atoms with van der Waals surface area (Å²) in [6.07, 6.45) is 7.63. The maximum absolute atomic E-state index is 12.8.